The summed E-state index contributed by atoms with van der Waals surface area (Å²) in [4.78, 5) is 18.9. The molecule has 11 heteroatoms. The number of hydrogen-bond donors (Lipinski definition) is 0. The Morgan fingerprint density at radius 2 is 2.06 bits per heavy atom. The van der Waals surface area contributed by atoms with Crippen LogP contribution in [0.4, 0.5) is 13.2 Å². The van der Waals surface area contributed by atoms with Gasteiger partial charge in [-0.2, -0.15) is 23.5 Å². The van der Waals surface area contributed by atoms with Gasteiger partial charge in [0.05, 0.1) is 36.8 Å². The summed E-state index contributed by atoms with van der Waals surface area (Å²) in [6.45, 7) is 1.16. The molecule has 3 heterocycles. The summed E-state index contributed by atoms with van der Waals surface area (Å²) in [7, 11) is 1.24. The van der Waals surface area contributed by atoms with Crippen molar-refractivity contribution in [2.75, 3.05) is 7.11 Å². The van der Waals surface area contributed by atoms with E-state index in [9.17, 15) is 23.2 Å². The van der Waals surface area contributed by atoms with Crippen molar-refractivity contribution in [2.24, 2.45) is 0 Å². The van der Waals surface area contributed by atoms with Crippen molar-refractivity contribution in [2.45, 2.75) is 32.3 Å². The van der Waals surface area contributed by atoms with Crippen molar-refractivity contribution < 1.29 is 27.4 Å². The number of alkyl halides is 3. The van der Waals surface area contributed by atoms with E-state index in [1.54, 1.807) is 29.3 Å². The Bertz CT molecular complexity index is 1210. The molecule has 170 valence electrons. The minimum absolute atomic E-state index is 0.00608. The number of ether oxygens (including phenoxy) is 2. The molecule has 0 radical (unpaired) electrons. The first-order valence-electron chi connectivity index (χ1n) is 9.84. The lowest BCUT2D eigenvalue weighted by Gasteiger charge is -2.23. The Balaban J connectivity index is 1.65. The molecule has 3 aromatic rings. The maximum absolute atomic E-state index is 13.4. The highest BCUT2D eigenvalue weighted by molar-refractivity contribution is 6.00. The number of rotatable bonds is 5. The summed E-state index contributed by atoms with van der Waals surface area (Å²) in [6.07, 6.45) is -1.75. The summed E-state index contributed by atoms with van der Waals surface area (Å²) in [5, 5.41) is 13.9. The first-order chi connectivity index (χ1) is 15.7. The predicted octanol–water partition coefficient (Wildman–Crippen LogP) is 3.63. The molecule has 0 bridgehead atoms. The molecule has 1 aliphatic rings. The fraction of sp³-hybridized carbons (Fsp3) is 0.273. The van der Waals surface area contributed by atoms with E-state index in [1.807, 2.05) is 12.1 Å². The summed E-state index contributed by atoms with van der Waals surface area (Å²) in [5.74, 6) is -1.08. The van der Waals surface area contributed by atoms with Crippen molar-refractivity contribution in [3.05, 3.63) is 65.2 Å². The molecule has 8 nitrogen and oxygen atoms in total. The molecule has 1 aliphatic heterocycles. The molecule has 33 heavy (non-hydrogen) atoms. The van der Waals surface area contributed by atoms with Gasteiger partial charge in [0.1, 0.15) is 17.4 Å². The summed E-state index contributed by atoms with van der Waals surface area (Å²) in [5.41, 5.74) is 1.96. The van der Waals surface area contributed by atoms with Crippen LogP contribution in [0.15, 0.2) is 42.9 Å². The second-order valence-corrected chi connectivity index (χ2v) is 7.35. The topological polar surface area (TPSA) is 93.3 Å². The number of halogens is 3. The number of methoxy groups -OCH3 is 1. The van der Waals surface area contributed by atoms with Crippen LogP contribution in [0.1, 0.15) is 34.1 Å². The number of amides is 1. The third-order valence-corrected chi connectivity index (χ3v) is 5.20. The van der Waals surface area contributed by atoms with Crippen LogP contribution in [0.5, 0.6) is 11.5 Å². The van der Waals surface area contributed by atoms with Crippen LogP contribution in [0.25, 0.3) is 5.69 Å². The minimum Gasteiger partial charge on any atom is -0.494 e. The minimum atomic E-state index is -4.64. The molecular formula is C22H18F3N5O3. The van der Waals surface area contributed by atoms with Gasteiger partial charge < -0.3 is 14.4 Å². The van der Waals surface area contributed by atoms with Gasteiger partial charge in [-0.1, -0.05) is 0 Å². The van der Waals surface area contributed by atoms with E-state index in [1.165, 1.54) is 24.1 Å². The molecule has 4 rings (SSSR count). The van der Waals surface area contributed by atoms with E-state index in [0.717, 1.165) is 18.2 Å². The second-order valence-electron chi connectivity index (χ2n) is 7.35. The average Bonchev–Trinajstić information content (AvgIpc) is 3.37. The molecular weight excluding hydrogens is 439 g/mol. The Kier molecular flexibility index (Phi) is 5.68. The first-order valence-corrected chi connectivity index (χ1v) is 9.84. The lowest BCUT2D eigenvalue weighted by atomic mass is 10.1. The van der Waals surface area contributed by atoms with Crippen LogP contribution in [-0.2, 0) is 13.1 Å². The van der Waals surface area contributed by atoms with Gasteiger partial charge in [0.2, 0.25) is 0 Å². The lowest BCUT2D eigenvalue weighted by Crippen LogP contribution is -2.33. The molecule has 1 aromatic carbocycles. The highest BCUT2D eigenvalue weighted by Gasteiger charge is 2.40. The smallest absolute Gasteiger partial charge is 0.425 e. The predicted molar refractivity (Wildman–Crippen MR) is 109 cm³/mol. The second kappa shape index (κ2) is 8.46. The van der Waals surface area contributed by atoms with Gasteiger partial charge in [-0.15, -0.1) is 0 Å². The number of carbonyl (C=O) groups is 1. The maximum Gasteiger partial charge on any atom is 0.425 e. The first kappa shape index (κ1) is 22.1. The molecule has 0 saturated heterocycles. The van der Waals surface area contributed by atoms with Crippen molar-refractivity contribution in [3.8, 4) is 23.3 Å². The number of carbonyl (C=O) groups excluding carboxylic acids is 1. The van der Waals surface area contributed by atoms with Crippen molar-refractivity contribution in [1.82, 2.24) is 19.7 Å². The quantitative estimate of drug-likeness (QED) is 0.581. The van der Waals surface area contributed by atoms with E-state index in [4.69, 9.17) is 9.47 Å². The molecule has 2 aromatic heterocycles. The van der Waals surface area contributed by atoms with Crippen LogP contribution in [0.2, 0.25) is 0 Å². The van der Waals surface area contributed by atoms with E-state index in [0.29, 0.717) is 5.69 Å². The van der Waals surface area contributed by atoms with Crippen LogP contribution >= 0.6 is 0 Å². The third kappa shape index (κ3) is 4.19. The number of benzene rings is 1. The lowest BCUT2D eigenvalue weighted by molar-refractivity contribution is -0.189. The van der Waals surface area contributed by atoms with Gasteiger partial charge in [0.25, 0.3) is 5.91 Å². The van der Waals surface area contributed by atoms with Gasteiger partial charge >= 0.3 is 6.18 Å². The summed E-state index contributed by atoms with van der Waals surface area (Å²) in [6, 6.07) is 7.92. The molecule has 1 atom stereocenters. The monoisotopic (exact) mass is 457 g/mol. The fourth-order valence-electron chi connectivity index (χ4n) is 3.50. The highest BCUT2D eigenvalue weighted by Crippen LogP contribution is 2.37. The van der Waals surface area contributed by atoms with Gasteiger partial charge in [-0.05, 0) is 31.2 Å². The number of nitriles is 1. The zero-order valence-corrected chi connectivity index (χ0v) is 17.6. The van der Waals surface area contributed by atoms with Crippen LogP contribution in [0, 0.1) is 11.3 Å². The van der Waals surface area contributed by atoms with E-state index in [2.05, 4.69) is 10.1 Å². The SMILES string of the molecule is COc1c(C#N)ccc(OC(C)C(F)(F)F)c1C(=O)N1Cc2cn(-c3cccnc3)nc2C1. The highest BCUT2D eigenvalue weighted by atomic mass is 19.4. The Hall–Kier alpha value is -4.07. The molecule has 1 amide bonds. The molecule has 0 fully saturated rings. The van der Waals surface area contributed by atoms with Crippen LogP contribution in [0.3, 0.4) is 0 Å². The molecule has 0 spiro atoms. The molecule has 0 saturated carbocycles. The van der Waals surface area contributed by atoms with Gasteiger partial charge in [-0.3, -0.25) is 9.78 Å². The fourth-order valence-corrected chi connectivity index (χ4v) is 3.50. The van der Waals surface area contributed by atoms with Gasteiger partial charge in [0, 0.05) is 24.5 Å². The zero-order chi connectivity index (χ0) is 23.8. The third-order valence-electron chi connectivity index (χ3n) is 5.20. The summed E-state index contributed by atoms with van der Waals surface area (Å²) >= 11 is 0. The number of pyridine rings is 1. The largest absolute Gasteiger partial charge is 0.494 e. The summed E-state index contributed by atoms with van der Waals surface area (Å²) < 4.78 is 51.2. The Morgan fingerprint density at radius 1 is 1.27 bits per heavy atom. The number of aromatic nitrogens is 3. The van der Waals surface area contributed by atoms with E-state index >= 15 is 0 Å². The number of nitrogens with zero attached hydrogens (tertiary/aromatic N) is 5. The van der Waals surface area contributed by atoms with Gasteiger partial charge in [-0.25, -0.2) is 4.68 Å². The van der Waals surface area contributed by atoms with E-state index < -0.39 is 18.2 Å². The normalized spacial score (nSPS) is 13.9. The number of hydrogen-bond acceptors (Lipinski definition) is 6. The number of fused-ring (bicyclic) bond motifs is 1. The van der Waals surface area contributed by atoms with Gasteiger partial charge in [0.15, 0.2) is 11.9 Å². The van der Waals surface area contributed by atoms with E-state index in [-0.39, 0.29) is 35.7 Å². The maximum atomic E-state index is 13.4. The van der Waals surface area contributed by atoms with Crippen LogP contribution in [-0.4, -0.2) is 45.0 Å². The zero-order valence-electron chi connectivity index (χ0n) is 17.6. The molecule has 0 N–H and O–H groups in total. The molecule has 0 aliphatic carbocycles. The molecule has 1 unspecified atom stereocenters. The van der Waals surface area contributed by atoms with Crippen molar-refractivity contribution in [1.29, 1.82) is 5.26 Å². The van der Waals surface area contributed by atoms with Crippen molar-refractivity contribution in [3.63, 3.8) is 0 Å². The Morgan fingerprint density at radius 3 is 2.67 bits per heavy atom. The Labute approximate surface area is 186 Å². The van der Waals surface area contributed by atoms with Crippen LogP contribution < -0.4 is 9.47 Å². The standard InChI is InChI=1S/C22H18F3N5O3/c1-13(22(23,24)25)33-18-6-5-14(8-26)20(32-2)19(18)21(31)29-10-15-11-30(28-17(15)12-29)16-4-3-7-27-9-16/h3-7,9,11,13H,10,12H2,1-2H3. The van der Waals surface area contributed by atoms with Crippen molar-refractivity contribution >= 4 is 5.91 Å². The average molecular weight is 457 g/mol.